The number of furan rings is 1. The molecule has 0 spiro atoms. The van der Waals surface area contributed by atoms with Gasteiger partial charge in [0.25, 0.3) is 11.8 Å². The highest BCUT2D eigenvalue weighted by atomic mass is 16.4. The lowest BCUT2D eigenvalue weighted by molar-refractivity contribution is 0.0952. The molecule has 2 aromatic heterocycles. The number of nitrogens with zero attached hydrogens (tertiary/aromatic N) is 2. The third-order valence-corrected chi connectivity index (χ3v) is 4.76. The summed E-state index contributed by atoms with van der Waals surface area (Å²) in [4.78, 5) is 25.4. The minimum Gasteiger partial charge on any atom is -0.454 e. The molecule has 0 saturated heterocycles. The van der Waals surface area contributed by atoms with Gasteiger partial charge in [-0.15, -0.1) is 0 Å². The Morgan fingerprint density at radius 2 is 1.77 bits per heavy atom. The molecule has 0 aliphatic rings. The van der Waals surface area contributed by atoms with Gasteiger partial charge in [0.2, 0.25) is 0 Å². The molecule has 0 aliphatic carbocycles. The van der Waals surface area contributed by atoms with E-state index in [1.165, 1.54) is 0 Å². The average molecular weight is 414 g/mol. The van der Waals surface area contributed by atoms with Crippen LogP contribution in [-0.4, -0.2) is 21.6 Å². The second kappa shape index (κ2) is 9.13. The lowest BCUT2D eigenvalue weighted by atomic mass is 10.1. The number of carbonyl (C=O) groups excluding carboxylic acids is 2. The van der Waals surface area contributed by atoms with Crippen LogP contribution in [0.2, 0.25) is 0 Å². The first-order chi connectivity index (χ1) is 15.1. The highest BCUT2D eigenvalue weighted by Crippen LogP contribution is 2.18. The van der Waals surface area contributed by atoms with Crippen molar-refractivity contribution >= 4 is 17.5 Å². The molecule has 7 heteroatoms. The van der Waals surface area contributed by atoms with Crippen LogP contribution in [0.25, 0.3) is 0 Å². The fourth-order valence-electron chi connectivity index (χ4n) is 3.10. The third kappa shape index (κ3) is 5.08. The summed E-state index contributed by atoms with van der Waals surface area (Å²) in [7, 11) is 0. The topological polar surface area (TPSA) is 89.2 Å². The minimum absolute atomic E-state index is 0.164. The number of aryl methyl sites for hydroxylation is 1. The van der Waals surface area contributed by atoms with Crippen molar-refractivity contribution in [3.63, 3.8) is 0 Å². The van der Waals surface area contributed by atoms with E-state index in [1.807, 2.05) is 43.5 Å². The summed E-state index contributed by atoms with van der Waals surface area (Å²) in [6, 6.07) is 20.0. The van der Waals surface area contributed by atoms with Crippen LogP contribution in [-0.2, 0) is 13.1 Å². The van der Waals surface area contributed by atoms with E-state index in [9.17, 15) is 9.59 Å². The molecule has 4 rings (SSSR count). The van der Waals surface area contributed by atoms with Gasteiger partial charge >= 0.3 is 0 Å². The fraction of sp³-hybridized carbons (Fsp3) is 0.125. The lowest BCUT2D eigenvalue weighted by Gasteiger charge is -2.11. The molecule has 0 atom stereocenters. The van der Waals surface area contributed by atoms with Crippen LogP contribution in [0.15, 0.2) is 83.5 Å². The summed E-state index contributed by atoms with van der Waals surface area (Å²) in [6.45, 7) is 2.84. The van der Waals surface area contributed by atoms with Crippen molar-refractivity contribution in [1.29, 1.82) is 0 Å². The summed E-state index contributed by atoms with van der Waals surface area (Å²) >= 11 is 0. The molecule has 156 valence electrons. The number of rotatable bonds is 7. The standard InChI is InChI=1S/C24H22N4O3/c1-17-7-9-18(10-8-17)15-25-23(29)20-5-2-3-6-21(20)27-24(30)22-12-11-19(31-22)16-28-14-4-13-26-28/h2-14H,15-16H2,1H3,(H,25,29)(H,27,30). The van der Waals surface area contributed by atoms with Crippen LogP contribution in [0.1, 0.15) is 37.8 Å². The van der Waals surface area contributed by atoms with Crippen molar-refractivity contribution in [2.75, 3.05) is 5.32 Å². The Hall–Kier alpha value is -4.13. The predicted molar refractivity (Wildman–Crippen MR) is 117 cm³/mol. The molecule has 2 aromatic carbocycles. The molecular formula is C24H22N4O3. The number of anilines is 1. The smallest absolute Gasteiger partial charge is 0.291 e. The molecule has 2 N–H and O–H groups in total. The summed E-state index contributed by atoms with van der Waals surface area (Å²) in [5.74, 6) is 0.0794. The van der Waals surface area contributed by atoms with Crippen molar-refractivity contribution in [3.8, 4) is 0 Å². The first kappa shape index (κ1) is 20.2. The zero-order valence-electron chi connectivity index (χ0n) is 17.0. The van der Waals surface area contributed by atoms with Crippen molar-refractivity contribution in [3.05, 3.63) is 107 Å². The number of hydrogen-bond donors (Lipinski definition) is 2. The van der Waals surface area contributed by atoms with E-state index < -0.39 is 5.91 Å². The maximum absolute atomic E-state index is 12.7. The molecule has 31 heavy (non-hydrogen) atoms. The first-order valence-corrected chi connectivity index (χ1v) is 9.89. The Kier molecular flexibility index (Phi) is 5.93. The molecule has 2 amide bonds. The van der Waals surface area contributed by atoms with E-state index in [0.717, 1.165) is 11.1 Å². The van der Waals surface area contributed by atoms with Crippen molar-refractivity contribution in [2.45, 2.75) is 20.0 Å². The second-order valence-electron chi connectivity index (χ2n) is 7.14. The minimum atomic E-state index is -0.425. The van der Waals surface area contributed by atoms with Gasteiger partial charge in [0.1, 0.15) is 5.76 Å². The summed E-state index contributed by atoms with van der Waals surface area (Å²) in [5, 5.41) is 9.78. The number of aromatic nitrogens is 2. The van der Waals surface area contributed by atoms with Crippen LogP contribution in [0.4, 0.5) is 5.69 Å². The quantitative estimate of drug-likeness (QED) is 0.478. The monoisotopic (exact) mass is 414 g/mol. The van der Waals surface area contributed by atoms with Crippen LogP contribution in [0.5, 0.6) is 0 Å². The van der Waals surface area contributed by atoms with Gasteiger partial charge in [-0.1, -0.05) is 42.0 Å². The molecule has 0 aliphatic heterocycles. The maximum Gasteiger partial charge on any atom is 0.291 e. The van der Waals surface area contributed by atoms with Crippen LogP contribution >= 0.6 is 0 Å². The first-order valence-electron chi connectivity index (χ1n) is 9.89. The average Bonchev–Trinajstić information content (AvgIpc) is 3.46. The van der Waals surface area contributed by atoms with E-state index in [-0.39, 0.29) is 11.7 Å². The number of benzene rings is 2. The number of para-hydroxylation sites is 1. The Bertz CT molecular complexity index is 1180. The van der Waals surface area contributed by atoms with Crippen molar-refractivity contribution < 1.29 is 14.0 Å². The second-order valence-corrected chi connectivity index (χ2v) is 7.14. The molecular weight excluding hydrogens is 392 g/mol. The summed E-state index contributed by atoms with van der Waals surface area (Å²) < 4.78 is 7.34. The summed E-state index contributed by atoms with van der Waals surface area (Å²) in [5.41, 5.74) is 2.96. The molecule has 0 saturated carbocycles. The highest BCUT2D eigenvalue weighted by Gasteiger charge is 2.16. The predicted octanol–water partition coefficient (Wildman–Crippen LogP) is 4.02. The van der Waals surface area contributed by atoms with E-state index in [4.69, 9.17) is 4.42 Å². The highest BCUT2D eigenvalue weighted by molar-refractivity contribution is 6.07. The largest absolute Gasteiger partial charge is 0.454 e. The lowest BCUT2D eigenvalue weighted by Crippen LogP contribution is -2.24. The van der Waals surface area contributed by atoms with Gasteiger partial charge in [0, 0.05) is 18.9 Å². The zero-order valence-corrected chi connectivity index (χ0v) is 17.0. The van der Waals surface area contributed by atoms with Crippen LogP contribution < -0.4 is 10.6 Å². The van der Waals surface area contributed by atoms with E-state index in [2.05, 4.69) is 15.7 Å². The molecule has 0 unspecified atom stereocenters. The molecule has 2 heterocycles. The number of hydrogen-bond acceptors (Lipinski definition) is 4. The van der Waals surface area contributed by atoms with Gasteiger partial charge in [-0.3, -0.25) is 14.3 Å². The Morgan fingerprint density at radius 1 is 0.968 bits per heavy atom. The molecule has 0 radical (unpaired) electrons. The van der Waals surface area contributed by atoms with Crippen LogP contribution in [0.3, 0.4) is 0 Å². The van der Waals surface area contributed by atoms with Crippen LogP contribution in [0, 0.1) is 6.92 Å². The van der Waals surface area contributed by atoms with Gasteiger partial charge in [0.15, 0.2) is 5.76 Å². The summed E-state index contributed by atoms with van der Waals surface area (Å²) in [6.07, 6.45) is 3.49. The fourth-order valence-corrected chi connectivity index (χ4v) is 3.10. The van der Waals surface area contributed by atoms with Crippen molar-refractivity contribution in [2.24, 2.45) is 0 Å². The Balaban J connectivity index is 1.42. The number of amides is 2. The van der Waals surface area contributed by atoms with Gasteiger partial charge < -0.3 is 15.1 Å². The Morgan fingerprint density at radius 3 is 2.55 bits per heavy atom. The number of carbonyl (C=O) groups is 2. The Labute approximate surface area is 179 Å². The van der Waals surface area contributed by atoms with E-state index in [1.54, 1.807) is 47.3 Å². The number of nitrogens with one attached hydrogen (secondary N) is 2. The molecule has 7 nitrogen and oxygen atoms in total. The molecule has 0 fully saturated rings. The molecule has 0 bridgehead atoms. The van der Waals surface area contributed by atoms with Gasteiger partial charge in [-0.25, -0.2) is 0 Å². The van der Waals surface area contributed by atoms with E-state index in [0.29, 0.717) is 30.1 Å². The van der Waals surface area contributed by atoms with Gasteiger partial charge in [-0.2, -0.15) is 5.10 Å². The zero-order chi connectivity index (χ0) is 21.6. The van der Waals surface area contributed by atoms with Gasteiger partial charge in [0.05, 0.1) is 17.8 Å². The SMILES string of the molecule is Cc1ccc(CNC(=O)c2ccccc2NC(=O)c2ccc(Cn3cccn3)o2)cc1. The normalized spacial score (nSPS) is 10.6. The maximum atomic E-state index is 12.7. The third-order valence-electron chi connectivity index (χ3n) is 4.76. The van der Waals surface area contributed by atoms with E-state index >= 15 is 0 Å². The van der Waals surface area contributed by atoms with Crippen molar-refractivity contribution in [1.82, 2.24) is 15.1 Å². The molecule has 4 aromatic rings. The van der Waals surface area contributed by atoms with Gasteiger partial charge in [-0.05, 0) is 42.8 Å².